The van der Waals surface area contributed by atoms with Crippen molar-refractivity contribution in [1.29, 1.82) is 0 Å². The second kappa shape index (κ2) is 10.3. The van der Waals surface area contributed by atoms with Gasteiger partial charge in [0.2, 0.25) is 10.0 Å². The van der Waals surface area contributed by atoms with Gasteiger partial charge in [0, 0.05) is 44.9 Å². The molecule has 5 nitrogen and oxygen atoms in total. The van der Waals surface area contributed by atoms with E-state index in [1.54, 1.807) is 0 Å². The quantitative estimate of drug-likeness (QED) is 0.387. The number of hydrogen-bond donors (Lipinski definition) is 0. The Balaban J connectivity index is 1.60. The smallest absolute Gasteiger partial charge is 0.375 e. The Morgan fingerprint density at radius 1 is 1.06 bits per heavy atom. The minimum absolute atomic E-state index is 0.0144. The van der Waals surface area contributed by atoms with Crippen LogP contribution < -0.4 is 0 Å². The van der Waals surface area contributed by atoms with Crippen molar-refractivity contribution >= 4 is 10.0 Å². The average Bonchev–Trinajstić information content (AvgIpc) is 2.66. The molecule has 1 fully saturated rings. The Bertz CT molecular complexity index is 994. The summed E-state index contributed by atoms with van der Waals surface area (Å²) >= 11 is 0. The van der Waals surface area contributed by atoms with Crippen molar-refractivity contribution in [3.05, 3.63) is 71.0 Å². The maximum absolute atomic E-state index is 14.5. The van der Waals surface area contributed by atoms with E-state index in [0.29, 0.717) is 39.2 Å². The highest BCUT2D eigenvalue weighted by atomic mass is 32.2. The van der Waals surface area contributed by atoms with E-state index in [1.165, 1.54) is 16.4 Å². The van der Waals surface area contributed by atoms with Gasteiger partial charge in [0.05, 0.1) is 17.9 Å². The van der Waals surface area contributed by atoms with Crippen molar-refractivity contribution in [2.45, 2.75) is 31.8 Å². The first-order valence-electron chi connectivity index (χ1n) is 10.2. The Hall–Kier alpha value is -2.01. The van der Waals surface area contributed by atoms with Gasteiger partial charge in [-0.2, -0.15) is 17.5 Å². The molecule has 0 radical (unpaired) electrons. The highest BCUT2D eigenvalue weighted by molar-refractivity contribution is 7.88. The molecule has 0 amide bonds. The van der Waals surface area contributed by atoms with E-state index in [1.807, 2.05) is 35.2 Å². The van der Waals surface area contributed by atoms with Crippen LogP contribution in [0.4, 0.5) is 17.6 Å². The first kappa shape index (κ1) is 24.6. The largest absolute Gasteiger partial charge is 0.419 e. The summed E-state index contributed by atoms with van der Waals surface area (Å²) in [4.78, 5) is 1.88. The van der Waals surface area contributed by atoms with Crippen molar-refractivity contribution in [3.8, 4) is 0 Å². The van der Waals surface area contributed by atoms with Crippen LogP contribution in [0.1, 0.15) is 23.1 Å². The van der Waals surface area contributed by atoms with Crippen molar-refractivity contribution in [1.82, 2.24) is 9.21 Å². The van der Waals surface area contributed by atoms with Crippen LogP contribution in [-0.2, 0) is 34.0 Å². The SMILES string of the molecule is CS(=O)(=O)N1CC(OCCCN(Cc2ccccc2)Cc2cccc(C(F)(F)F)c2F)C1. The number of rotatable bonds is 10. The van der Waals surface area contributed by atoms with Crippen LogP contribution in [0.5, 0.6) is 0 Å². The minimum atomic E-state index is -4.75. The molecule has 0 aliphatic carbocycles. The first-order valence-corrected chi connectivity index (χ1v) is 12.1. The lowest BCUT2D eigenvalue weighted by molar-refractivity contribution is -0.140. The molecule has 0 spiro atoms. The van der Waals surface area contributed by atoms with E-state index >= 15 is 0 Å². The summed E-state index contributed by atoms with van der Waals surface area (Å²) in [6.07, 6.45) is -3.19. The molecule has 1 aliphatic heterocycles. The molecule has 0 unspecified atom stereocenters. The second-order valence-corrected chi connectivity index (χ2v) is 9.88. The van der Waals surface area contributed by atoms with Gasteiger partial charge in [-0.25, -0.2) is 12.8 Å². The minimum Gasteiger partial charge on any atom is -0.375 e. The molecular weight excluding hydrogens is 448 g/mol. The van der Waals surface area contributed by atoms with Crippen LogP contribution in [0.25, 0.3) is 0 Å². The Morgan fingerprint density at radius 2 is 1.75 bits per heavy atom. The number of sulfonamides is 1. The van der Waals surface area contributed by atoms with Gasteiger partial charge in [-0.1, -0.05) is 42.5 Å². The summed E-state index contributed by atoms with van der Waals surface area (Å²) in [5.41, 5.74) is -0.318. The molecule has 1 aliphatic rings. The summed E-state index contributed by atoms with van der Waals surface area (Å²) in [6, 6.07) is 12.7. The fourth-order valence-electron chi connectivity index (χ4n) is 3.53. The number of ether oxygens (including phenoxy) is 1. The first-order chi connectivity index (χ1) is 15.0. The van der Waals surface area contributed by atoms with Gasteiger partial charge in [0.15, 0.2) is 0 Å². The third-order valence-electron chi connectivity index (χ3n) is 5.28. The monoisotopic (exact) mass is 474 g/mol. The van der Waals surface area contributed by atoms with Crippen molar-refractivity contribution in [2.24, 2.45) is 0 Å². The van der Waals surface area contributed by atoms with Gasteiger partial charge in [-0.05, 0) is 18.1 Å². The number of hydrogen-bond acceptors (Lipinski definition) is 4. The molecule has 2 aromatic carbocycles. The van der Waals surface area contributed by atoms with Crippen molar-refractivity contribution in [2.75, 3.05) is 32.5 Å². The molecule has 1 heterocycles. The summed E-state index contributed by atoms with van der Waals surface area (Å²) in [5, 5.41) is 0. The summed E-state index contributed by atoms with van der Waals surface area (Å²) in [7, 11) is -3.20. The van der Waals surface area contributed by atoms with Gasteiger partial charge in [0.1, 0.15) is 5.82 Å². The molecule has 176 valence electrons. The normalized spacial score (nSPS) is 15.8. The van der Waals surface area contributed by atoms with Gasteiger partial charge in [0.25, 0.3) is 0 Å². The predicted molar refractivity (Wildman–Crippen MR) is 113 cm³/mol. The van der Waals surface area contributed by atoms with E-state index in [9.17, 15) is 26.0 Å². The van der Waals surface area contributed by atoms with Gasteiger partial charge in [-0.3, -0.25) is 4.90 Å². The number of benzene rings is 2. The van der Waals surface area contributed by atoms with Crippen molar-refractivity contribution < 1.29 is 30.7 Å². The van der Waals surface area contributed by atoms with Crippen LogP contribution in [0.15, 0.2) is 48.5 Å². The Labute approximate surface area is 185 Å². The average molecular weight is 475 g/mol. The second-order valence-electron chi connectivity index (χ2n) is 7.90. The molecule has 32 heavy (non-hydrogen) atoms. The molecule has 0 N–H and O–H groups in total. The van der Waals surface area contributed by atoms with Crippen molar-refractivity contribution in [3.63, 3.8) is 0 Å². The van der Waals surface area contributed by atoms with Gasteiger partial charge in [-0.15, -0.1) is 0 Å². The predicted octanol–water partition coefficient (Wildman–Crippen LogP) is 3.90. The Morgan fingerprint density at radius 3 is 2.38 bits per heavy atom. The lowest BCUT2D eigenvalue weighted by atomic mass is 10.1. The van der Waals surface area contributed by atoms with E-state index in [0.717, 1.165) is 17.9 Å². The summed E-state index contributed by atoms with van der Waals surface area (Å²) < 4.78 is 83.5. The maximum Gasteiger partial charge on any atom is 0.419 e. The molecule has 2 aromatic rings. The number of nitrogens with zero attached hydrogens (tertiary/aromatic N) is 2. The lowest BCUT2D eigenvalue weighted by Crippen LogP contribution is -2.54. The molecule has 0 atom stereocenters. The van der Waals surface area contributed by atoms with E-state index in [4.69, 9.17) is 4.74 Å². The van der Waals surface area contributed by atoms with Crippen LogP contribution in [0, 0.1) is 5.82 Å². The fourth-order valence-corrected chi connectivity index (χ4v) is 4.41. The zero-order chi connectivity index (χ0) is 23.4. The molecule has 0 saturated carbocycles. The molecule has 0 aromatic heterocycles. The molecule has 1 saturated heterocycles. The molecule has 0 bridgehead atoms. The lowest BCUT2D eigenvalue weighted by Gasteiger charge is -2.36. The zero-order valence-corrected chi connectivity index (χ0v) is 18.5. The van der Waals surface area contributed by atoms with E-state index in [2.05, 4.69) is 0 Å². The van der Waals surface area contributed by atoms with E-state index in [-0.39, 0.29) is 18.2 Å². The molecule has 10 heteroatoms. The van der Waals surface area contributed by atoms with E-state index < -0.39 is 27.6 Å². The maximum atomic E-state index is 14.5. The van der Waals surface area contributed by atoms with Crippen LogP contribution >= 0.6 is 0 Å². The van der Waals surface area contributed by atoms with Crippen LogP contribution in [0.2, 0.25) is 0 Å². The third kappa shape index (κ3) is 6.74. The topological polar surface area (TPSA) is 49.9 Å². The number of alkyl halides is 3. The zero-order valence-electron chi connectivity index (χ0n) is 17.7. The van der Waals surface area contributed by atoms with Crippen LogP contribution in [0.3, 0.4) is 0 Å². The summed E-state index contributed by atoms with van der Waals surface area (Å²) in [6.45, 7) is 1.97. The fraction of sp³-hybridized carbons (Fsp3) is 0.455. The van der Waals surface area contributed by atoms with Gasteiger partial charge < -0.3 is 4.74 Å². The van der Waals surface area contributed by atoms with Crippen LogP contribution in [-0.4, -0.2) is 56.2 Å². The third-order valence-corrected chi connectivity index (χ3v) is 6.52. The highest BCUT2D eigenvalue weighted by Crippen LogP contribution is 2.32. The Kier molecular flexibility index (Phi) is 7.92. The summed E-state index contributed by atoms with van der Waals surface area (Å²) in [5.74, 6) is -1.25. The highest BCUT2D eigenvalue weighted by Gasteiger charge is 2.35. The standard InChI is InChI=1S/C22H26F4N2O3S/c1-32(29,30)28-15-19(16-28)31-12-6-11-27(13-17-7-3-2-4-8-17)14-18-9-5-10-20(21(18)23)22(24,25)26/h2-5,7-10,19H,6,11-16H2,1H3. The molecular formula is C22H26F4N2O3S. The molecule has 3 rings (SSSR count). The van der Waals surface area contributed by atoms with Gasteiger partial charge >= 0.3 is 6.18 Å². The number of halogens is 4.